The smallest absolute Gasteiger partial charge is 0.0698 e. The van der Waals surface area contributed by atoms with Crippen molar-refractivity contribution in [3.05, 3.63) is 29.8 Å². The van der Waals surface area contributed by atoms with Gasteiger partial charge in [0.25, 0.3) is 0 Å². The van der Waals surface area contributed by atoms with E-state index in [0.29, 0.717) is 18.7 Å². The van der Waals surface area contributed by atoms with E-state index in [4.69, 9.17) is 10.5 Å². The van der Waals surface area contributed by atoms with Crippen LogP contribution in [0.4, 0.5) is 0 Å². The Morgan fingerprint density at radius 3 is 2.74 bits per heavy atom. The third-order valence-electron chi connectivity index (χ3n) is 3.91. The Morgan fingerprint density at radius 2 is 2.16 bits per heavy atom. The molecule has 1 heterocycles. The lowest BCUT2D eigenvalue weighted by Gasteiger charge is -2.37. The average molecular weight is 280 g/mol. The number of thioether (sulfide) groups is 1. The Balaban J connectivity index is 2.09. The van der Waals surface area contributed by atoms with Crippen molar-refractivity contribution in [2.24, 2.45) is 5.73 Å². The molecular formula is C15H24N2OS. The van der Waals surface area contributed by atoms with Crippen LogP contribution >= 0.6 is 11.8 Å². The van der Waals surface area contributed by atoms with E-state index in [0.717, 1.165) is 19.5 Å². The highest BCUT2D eigenvalue weighted by Gasteiger charge is 2.25. The topological polar surface area (TPSA) is 38.5 Å². The molecule has 0 spiro atoms. The zero-order valence-corrected chi connectivity index (χ0v) is 12.7. The molecule has 2 rings (SSSR count). The van der Waals surface area contributed by atoms with E-state index in [1.165, 1.54) is 16.9 Å². The van der Waals surface area contributed by atoms with Crippen molar-refractivity contribution >= 4 is 11.8 Å². The molecule has 0 aromatic heterocycles. The van der Waals surface area contributed by atoms with E-state index in [1.54, 1.807) is 18.9 Å². The molecule has 106 valence electrons. The second-order valence-electron chi connectivity index (χ2n) is 5.02. The maximum atomic E-state index is 6.01. The number of benzene rings is 1. The molecule has 1 aliphatic rings. The predicted molar refractivity (Wildman–Crippen MR) is 81.6 cm³/mol. The molecule has 0 saturated carbocycles. The Hall–Kier alpha value is -0.550. The molecular weight excluding hydrogens is 256 g/mol. The molecule has 2 unspecified atom stereocenters. The van der Waals surface area contributed by atoms with Crippen LogP contribution in [-0.4, -0.2) is 44.0 Å². The van der Waals surface area contributed by atoms with Crippen LogP contribution in [0.3, 0.4) is 0 Å². The van der Waals surface area contributed by atoms with E-state index < -0.39 is 0 Å². The van der Waals surface area contributed by atoms with Gasteiger partial charge in [0.2, 0.25) is 0 Å². The van der Waals surface area contributed by atoms with Gasteiger partial charge >= 0.3 is 0 Å². The molecule has 1 aromatic carbocycles. The van der Waals surface area contributed by atoms with Gasteiger partial charge in [-0.1, -0.05) is 12.1 Å². The van der Waals surface area contributed by atoms with Crippen LogP contribution in [0.5, 0.6) is 0 Å². The average Bonchev–Trinajstić information content (AvgIpc) is 2.49. The zero-order valence-electron chi connectivity index (χ0n) is 11.8. The second kappa shape index (κ2) is 7.29. The summed E-state index contributed by atoms with van der Waals surface area (Å²) in [6.07, 6.45) is 4.81. The molecule has 0 bridgehead atoms. The summed E-state index contributed by atoms with van der Waals surface area (Å²) >= 11 is 1.77. The lowest BCUT2D eigenvalue weighted by molar-refractivity contribution is 0.0155. The number of piperidine rings is 1. The van der Waals surface area contributed by atoms with Gasteiger partial charge in [-0.15, -0.1) is 11.8 Å². The number of nitrogens with two attached hydrogens (primary N) is 1. The first-order valence-corrected chi connectivity index (χ1v) is 8.11. The monoisotopic (exact) mass is 280 g/mol. The highest BCUT2D eigenvalue weighted by atomic mass is 32.2. The normalized spacial score (nSPS) is 22.4. The first kappa shape index (κ1) is 14.9. The first-order valence-electron chi connectivity index (χ1n) is 6.89. The van der Waals surface area contributed by atoms with Crippen molar-refractivity contribution < 1.29 is 4.74 Å². The fourth-order valence-corrected chi connectivity index (χ4v) is 3.17. The van der Waals surface area contributed by atoms with Crippen molar-refractivity contribution in [2.45, 2.75) is 29.9 Å². The zero-order chi connectivity index (χ0) is 13.7. The van der Waals surface area contributed by atoms with Crippen molar-refractivity contribution in [3.63, 3.8) is 0 Å². The third-order valence-corrected chi connectivity index (χ3v) is 4.65. The van der Waals surface area contributed by atoms with E-state index in [1.807, 2.05) is 0 Å². The molecule has 1 aliphatic heterocycles. The Kier molecular flexibility index (Phi) is 5.70. The first-order chi connectivity index (χ1) is 9.28. The quantitative estimate of drug-likeness (QED) is 0.841. The lowest BCUT2D eigenvalue weighted by atomic mass is 10.0. The minimum absolute atomic E-state index is 0.314. The SMILES string of the molecule is COC1CCCN(C(CN)c2ccc(SC)cc2)C1. The third kappa shape index (κ3) is 3.72. The molecule has 2 atom stereocenters. The Labute approximate surface area is 120 Å². The molecule has 19 heavy (non-hydrogen) atoms. The predicted octanol–water partition coefficient (Wildman–Crippen LogP) is 2.52. The van der Waals surface area contributed by atoms with Crippen molar-refractivity contribution in [1.29, 1.82) is 0 Å². The fraction of sp³-hybridized carbons (Fsp3) is 0.600. The number of ether oxygens (including phenoxy) is 1. The Morgan fingerprint density at radius 1 is 1.42 bits per heavy atom. The summed E-state index contributed by atoms with van der Waals surface area (Å²) in [6, 6.07) is 9.09. The minimum Gasteiger partial charge on any atom is -0.380 e. The van der Waals surface area contributed by atoms with Gasteiger partial charge in [-0.3, -0.25) is 4.90 Å². The summed E-state index contributed by atoms with van der Waals surface area (Å²) in [5, 5.41) is 0. The minimum atomic E-state index is 0.314. The standard InChI is InChI=1S/C15H24N2OS/c1-18-13-4-3-9-17(11-13)15(10-16)12-5-7-14(19-2)8-6-12/h5-8,13,15H,3-4,9-11,16H2,1-2H3. The largest absolute Gasteiger partial charge is 0.380 e. The van der Waals surface area contributed by atoms with Gasteiger partial charge in [-0.2, -0.15) is 0 Å². The van der Waals surface area contributed by atoms with Gasteiger partial charge in [-0.25, -0.2) is 0 Å². The van der Waals surface area contributed by atoms with E-state index >= 15 is 0 Å². The summed E-state index contributed by atoms with van der Waals surface area (Å²) in [6.45, 7) is 2.77. The molecule has 1 saturated heterocycles. The Bertz CT molecular complexity index is 382. The van der Waals surface area contributed by atoms with Crippen LogP contribution in [0.1, 0.15) is 24.4 Å². The highest BCUT2D eigenvalue weighted by molar-refractivity contribution is 7.98. The number of nitrogens with zero attached hydrogens (tertiary/aromatic N) is 1. The van der Waals surface area contributed by atoms with Gasteiger partial charge in [0.1, 0.15) is 0 Å². The number of hydrogen-bond donors (Lipinski definition) is 1. The van der Waals surface area contributed by atoms with E-state index in [-0.39, 0.29) is 0 Å². The van der Waals surface area contributed by atoms with Gasteiger partial charge in [0.15, 0.2) is 0 Å². The number of rotatable bonds is 5. The molecule has 1 fully saturated rings. The van der Waals surface area contributed by atoms with Crippen LogP contribution in [0, 0.1) is 0 Å². The molecule has 0 amide bonds. The second-order valence-corrected chi connectivity index (χ2v) is 5.90. The summed E-state index contributed by atoms with van der Waals surface area (Å²) in [5.74, 6) is 0. The maximum Gasteiger partial charge on any atom is 0.0698 e. The van der Waals surface area contributed by atoms with Crippen molar-refractivity contribution in [3.8, 4) is 0 Å². The van der Waals surface area contributed by atoms with Crippen LogP contribution < -0.4 is 5.73 Å². The van der Waals surface area contributed by atoms with E-state index in [9.17, 15) is 0 Å². The fourth-order valence-electron chi connectivity index (χ4n) is 2.76. The van der Waals surface area contributed by atoms with Crippen LogP contribution in [-0.2, 0) is 4.74 Å². The number of methoxy groups -OCH3 is 1. The maximum absolute atomic E-state index is 6.01. The molecule has 0 radical (unpaired) electrons. The van der Waals surface area contributed by atoms with Crippen molar-refractivity contribution in [1.82, 2.24) is 4.90 Å². The van der Waals surface area contributed by atoms with Gasteiger partial charge in [0.05, 0.1) is 6.10 Å². The van der Waals surface area contributed by atoms with Gasteiger partial charge < -0.3 is 10.5 Å². The van der Waals surface area contributed by atoms with Crippen LogP contribution in [0.15, 0.2) is 29.2 Å². The summed E-state index contributed by atoms with van der Waals surface area (Å²) in [4.78, 5) is 3.76. The summed E-state index contributed by atoms with van der Waals surface area (Å²) < 4.78 is 5.50. The van der Waals surface area contributed by atoms with Crippen molar-refractivity contribution in [2.75, 3.05) is 33.0 Å². The highest BCUT2D eigenvalue weighted by Crippen LogP contribution is 2.26. The molecule has 0 aliphatic carbocycles. The lowest BCUT2D eigenvalue weighted by Crippen LogP contribution is -2.43. The number of likely N-dealkylation sites (tertiary alicyclic amines) is 1. The summed E-state index contributed by atoms with van der Waals surface area (Å²) in [5.41, 5.74) is 7.32. The summed E-state index contributed by atoms with van der Waals surface area (Å²) in [7, 11) is 1.80. The molecule has 3 nitrogen and oxygen atoms in total. The number of hydrogen-bond acceptors (Lipinski definition) is 4. The van der Waals surface area contributed by atoms with E-state index in [2.05, 4.69) is 35.4 Å². The molecule has 4 heteroatoms. The van der Waals surface area contributed by atoms with Crippen LogP contribution in [0.25, 0.3) is 0 Å². The van der Waals surface area contributed by atoms with Crippen LogP contribution in [0.2, 0.25) is 0 Å². The molecule has 2 N–H and O–H groups in total. The van der Waals surface area contributed by atoms with Gasteiger partial charge in [-0.05, 0) is 43.3 Å². The van der Waals surface area contributed by atoms with Gasteiger partial charge in [0, 0.05) is 31.1 Å². The molecule has 1 aromatic rings.